The van der Waals surface area contributed by atoms with E-state index in [0.29, 0.717) is 18.1 Å². The summed E-state index contributed by atoms with van der Waals surface area (Å²) in [5.74, 6) is -0.753. The molecule has 1 aliphatic rings. The molecule has 2 aromatic carbocycles. The summed E-state index contributed by atoms with van der Waals surface area (Å²) >= 11 is 0. The second kappa shape index (κ2) is 9.87. The minimum Gasteiger partial charge on any atom is -0.478 e. The predicted molar refractivity (Wildman–Crippen MR) is 113 cm³/mol. The summed E-state index contributed by atoms with van der Waals surface area (Å²) in [6.07, 6.45) is 4.67. The molecule has 0 saturated heterocycles. The number of nitrogens with two attached hydrogens (primary N) is 1. The number of carbonyl (C=O) groups is 1. The van der Waals surface area contributed by atoms with E-state index in [9.17, 15) is 9.18 Å². The normalized spacial score (nSPS) is 16.2. The molecule has 29 heavy (non-hydrogen) atoms. The maximum atomic E-state index is 14.0. The third-order valence-corrected chi connectivity index (χ3v) is 4.72. The Labute approximate surface area is 170 Å². The van der Waals surface area contributed by atoms with Crippen LogP contribution >= 0.6 is 0 Å². The van der Waals surface area contributed by atoms with Crippen LogP contribution in [0, 0.1) is 11.7 Å². The van der Waals surface area contributed by atoms with Crippen molar-refractivity contribution < 1.29 is 13.9 Å². The van der Waals surface area contributed by atoms with Crippen molar-refractivity contribution in [1.82, 2.24) is 0 Å². The maximum absolute atomic E-state index is 14.0. The van der Waals surface area contributed by atoms with Gasteiger partial charge in [0.15, 0.2) is 5.78 Å². The van der Waals surface area contributed by atoms with E-state index in [0.717, 1.165) is 24.9 Å². The summed E-state index contributed by atoms with van der Waals surface area (Å²) in [6, 6.07) is 15.7. The Morgan fingerprint density at radius 3 is 2.59 bits per heavy atom. The van der Waals surface area contributed by atoms with Crippen molar-refractivity contribution >= 4 is 17.3 Å². The summed E-state index contributed by atoms with van der Waals surface area (Å²) in [5.41, 5.74) is 7.26. The summed E-state index contributed by atoms with van der Waals surface area (Å²) < 4.78 is 19.9. The van der Waals surface area contributed by atoms with Gasteiger partial charge in [0.1, 0.15) is 17.6 Å². The molecule has 1 unspecified atom stereocenters. The van der Waals surface area contributed by atoms with Gasteiger partial charge in [-0.1, -0.05) is 56.2 Å². The number of unbranched alkanes of at least 4 members (excludes halogenated alkanes) is 2. The van der Waals surface area contributed by atoms with Crippen molar-refractivity contribution in [3.8, 4) is 0 Å². The fraction of sp³-hybridized carbons (Fsp3) is 0.304. The Morgan fingerprint density at radius 2 is 1.86 bits per heavy atom. The lowest BCUT2D eigenvalue weighted by atomic mass is 9.95. The highest BCUT2D eigenvalue weighted by molar-refractivity contribution is 6.06. The molecule has 0 amide bonds. The molecule has 0 saturated carbocycles. The van der Waals surface area contributed by atoms with Gasteiger partial charge >= 0.3 is 0 Å². The van der Waals surface area contributed by atoms with Gasteiger partial charge in [0.25, 0.3) is 0 Å². The number of benzene rings is 2. The zero-order valence-electron chi connectivity index (χ0n) is 16.6. The van der Waals surface area contributed by atoms with Gasteiger partial charge in [-0.25, -0.2) is 4.39 Å². The minimum atomic E-state index is -0.754. The van der Waals surface area contributed by atoms with Gasteiger partial charge in [-0.3, -0.25) is 4.79 Å². The van der Waals surface area contributed by atoms with E-state index in [1.807, 2.05) is 30.3 Å². The largest absolute Gasteiger partial charge is 0.478 e. The molecule has 152 valence electrons. The number of hydrogen-bond acceptors (Lipinski definition) is 5. The van der Waals surface area contributed by atoms with Crippen LogP contribution in [0.2, 0.25) is 0 Å². The molecular formula is C23H26FN3O2. The SMILES string of the molecule is CCCCCOC1=CC(C(=O)Cc2ccccc2F)C(N)=NN1c1ccccc1. The number of rotatable bonds is 9. The molecule has 3 rings (SSSR count). The molecule has 1 aliphatic heterocycles. The van der Waals surface area contributed by atoms with E-state index in [1.54, 1.807) is 29.3 Å². The van der Waals surface area contributed by atoms with Crippen molar-refractivity contribution in [2.45, 2.75) is 32.6 Å². The van der Waals surface area contributed by atoms with Crippen molar-refractivity contribution in [2.24, 2.45) is 16.8 Å². The molecule has 5 nitrogen and oxygen atoms in total. The average Bonchev–Trinajstić information content (AvgIpc) is 2.74. The molecule has 0 radical (unpaired) electrons. The second-order valence-electron chi connectivity index (χ2n) is 6.94. The zero-order valence-corrected chi connectivity index (χ0v) is 16.6. The maximum Gasteiger partial charge on any atom is 0.212 e. The van der Waals surface area contributed by atoms with Gasteiger partial charge in [0.2, 0.25) is 5.88 Å². The van der Waals surface area contributed by atoms with Crippen molar-refractivity contribution in [2.75, 3.05) is 11.6 Å². The number of hydrogen-bond donors (Lipinski definition) is 1. The predicted octanol–water partition coefficient (Wildman–Crippen LogP) is 4.39. The van der Waals surface area contributed by atoms with Crippen molar-refractivity contribution in [3.63, 3.8) is 0 Å². The molecule has 0 spiro atoms. The van der Waals surface area contributed by atoms with Crippen LogP contribution in [-0.4, -0.2) is 18.2 Å². The lowest BCUT2D eigenvalue weighted by molar-refractivity contribution is -0.119. The molecule has 0 fully saturated rings. The lowest BCUT2D eigenvalue weighted by Crippen LogP contribution is -2.38. The van der Waals surface area contributed by atoms with Crippen LogP contribution in [0.4, 0.5) is 10.1 Å². The highest BCUT2D eigenvalue weighted by Crippen LogP contribution is 2.26. The fourth-order valence-corrected chi connectivity index (χ4v) is 3.12. The third-order valence-electron chi connectivity index (χ3n) is 4.72. The number of nitrogens with zero attached hydrogens (tertiary/aromatic N) is 2. The third kappa shape index (κ3) is 5.22. The molecule has 2 aromatic rings. The quantitative estimate of drug-likeness (QED) is 0.639. The van der Waals surface area contributed by atoms with E-state index in [2.05, 4.69) is 12.0 Å². The van der Waals surface area contributed by atoms with Crippen LogP contribution < -0.4 is 10.7 Å². The summed E-state index contributed by atoms with van der Waals surface area (Å²) in [7, 11) is 0. The number of para-hydroxylation sites is 1. The number of amidine groups is 1. The van der Waals surface area contributed by atoms with Crippen molar-refractivity contribution in [1.29, 1.82) is 0 Å². The Kier molecular flexibility index (Phi) is 7.00. The van der Waals surface area contributed by atoms with Gasteiger partial charge in [0, 0.05) is 6.42 Å². The van der Waals surface area contributed by atoms with E-state index in [1.165, 1.54) is 6.07 Å². The first-order chi connectivity index (χ1) is 14.1. The average molecular weight is 395 g/mol. The van der Waals surface area contributed by atoms with Crippen LogP contribution in [-0.2, 0) is 16.0 Å². The summed E-state index contributed by atoms with van der Waals surface area (Å²) in [4.78, 5) is 12.8. The number of ketones is 1. The molecule has 1 heterocycles. The molecule has 0 aromatic heterocycles. The molecule has 0 bridgehead atoms. The molecule has 2 N–H and O–H groups in total. The Balaban J connectivity index is 1.82. The Bertz CT molecular complexity index is 896. The number of anilines is 1. The first-order valence-corrected chi connectivity index (χ1v) is 9.90. The van der Waals surface area contributed by atoms with Gasteiger partial charge in [-0.15, -0.1) is 0 Å². The number of Topliss-reactive ketones (excluding diaryl/α,β-unsaturated/α-hetero) is 1. The van der Waals surface area contributed by atoms with E-state index >= 15 is 0 Å². The number of hydrazone groups is 1. The second-order valence-corrected chi connectivity index (χ2v) is 6.94. The molecular weight excluding hydrogens is 369 g/mol. The number of carbonyl (C=O) groups excluding carboxylic acids is 1. The van der Waals surface area contributed by atoms with Crippen molar-refractivity contribution in [3.05, 3.63) is 77.9 Å². The fourth-order valence-electron chi connectivity index (χ4n) is 3.12. The van der Waals surface area contributed by atoms with Gasteiger partial charge < -0.3 is 10.5 Å². The van der Waals surface area contributed by atoms with Crippen LogP contribution in [0.1, 0.15) is 31.7 Å². The minimum absolute atomic E-state index is 0.0570. The van der Waals surface area contributed by atoms with Gasteiger partial charge in [-0.2, -0.15) is 10.1 Å². The summed E-state index contributed by atoms with van der Waals surface area (Å²) in [6.45, 7) is 2.64. The number of halogens is 1. The zero-order chi connectivity index (χ0) is 20.6. The highest BCUT2D eigenvalue weighted by atomic mass is 19.1. The van der Waals surface area contributed by atoms with Crippen LogP contribution in [0.25, 0.3) is 0 Å². The Morgan fingerprint density at radius 1 is 1.14 bits per heavy atom. The smallest absolute Gasteiger partial charge is 0.212 e. The van der Waals surface area contributed by atoms with Crippen LogP contribution in [0.5, 0.6) is 0 Å². The topological polar surface area (TPSA) is 67.9 Å². The monoisotopic (exact) mass is 395 g/mol. The van der Waals surface area contributed by atoms with E-state index in [-0.39, 0.29) is 18.0 Å². The molecule has 1 atom stereocenters. The molecule has 6 heteroatoms. The lowest BCUT2D eigenvalue weighted by Gasteiger charge is -2.28. The molecule has 0 aliphatic carbocycles. The summed E-state index contributed by atoms with van der Waals surface area (Å²) in [5, 5.41) is 6.02. The van der Waals surface area contributed by atoms with Gasteiger partial charge in [0.05, 0.1) is 12.3 Å². The van der Waals surface area contributed by atoms with Crippen LogP contribution in [0.3, 0.4) is 0 Å². The van der Waals surface area contributed by atoms with Crippen LogP contribution in [0.15, 0.2) is 71.7 Å². The first-order valence-electron chi connectivity index (χ1n) is 9.90. The van der Waals surface area contributed by atoms with E-state index < -0.39 is 11.7 Å². The highest BCUT2D eigenvalue weighted by Gasteiger charge is 2.29. The number of ether oxygens (including phenoxy) is 1. The Hall–Kier alpha value is -3.15. The van der Waals surface area contributed by atoms with Gasteiger partial charge in [-0.05, 0) is 36.3 Å². The standard InChI is InChI=1S/C23H26FN3O2/c1-2-3-9-14-29-22-16-19(21(28)15-17-10-7-8-13-20(17)24)23(25)26-27(22)18-11-5-4-6-12-18/h4-8,10-13,16,19H,2-3,9,14-15H2,1H3,(H2,25,26). The first kappa shape index (κ1) is 20.6. The van der Waals surface area contributed by atoms with E-state index in [4.69, 9.17) is 10.5 Å².